The molecule has 2 atom stereocenters. The van der Waals surface area contributed by atoms with Gasteiger partial charge in [0.25, 0.3) is 0 Å². The first-order chi connectivity index (χ1) is 11.9. The van der Waals surface area contributed by atoms with E-state index in [0.29, 0.717) is 18.2 Å². The maximum absolute atomic E-state index is 5.84. The van der Waals surface area contributed by atoms with E-state index >= 15 is 0 Å². The Bertz CT molecular complexity index is 580. The van der Waals surface area contributed by atoms with Crippen molar-refractivity contribution in [2.75, 3.05) is 37.0 Å². The van der Waals surface area contributed by atoms with Gasteiger partial charge in [0, 0.05) is 30.9 Å². The molecule has 3 rings (SSSR count). The molecule has 1 aromatic carbocycles. The minimum absolute atomic E-state index is 0.114. The summed E-state index contributed by atoms with van der Waals surface area (Å²) in [5, 5.41) is 3.66. The summed E-state index contributed by atoms with van der Waals surface area (Å²) in [6, 6.07) is 6.87. The van der Waals surface area contributed by atoms with E-state index in [1.807, 2.05) is 0 Å². The van der Waals surface area contributed by atoms with E-state index in [-0.39, 0.29) is 5.60 Å². The average Bonchev–Trinajstić information content (AvgIpc) is 2.53. The summed E-state index contributed by atoms with van der Waals surface area (Å²) >= 11 is 0. The molecule has 25 heavy (non-hydrogen) atoms. The number of hydrogen-bond donors (Lipinski definition) is 1. The molecular formula is C20H32N2O3. The smallest absolute Gasteiger partial charge is 0.144 e. The van der Waals surface area contributed by atoms with Crippen LogP contribution in [0.4, 0.5) is 11.4 Å². The molecule has 0 bridgehead atoms. The van der Waals surface area contributed by atoms with Crippen LogP contribution in [0.3, 0.4) is 0 Å². The lowest BCUT2D eigenvalue weighted by molar-refractivity contribution is -0.0338. The third-order valence-electron chi connectivity index (χ3n) is 5.03. The highest BCUT2D eigenvalue weighted by Crippen LogP contribution is 2.33. The average molecular weight is 348 g/mol. The molecule has 0 aromatic heterocycles. The van der Waals surface area contributed by atoms with Crippen molar-refractivity contribution in [1.82, 2.24) is 0 Å². The van der Waals surface area contributed by atoms with E-state index in [2.05, 4.69) is 56.1 Å². The van der Waals surface area contributed by atoms with E-state index in [4.69, 9.17) is 14.2 Å². The Hall–Kier alpha value is -1.46. The molecular weight excluding hydrogens is 316 g/mol. The first-order valence-electron chi connectivity index (χ1n) is 9.35. The molecule has 2 aliphatic heterocycles. The highest BCUT2D eigenvalue weighted by molar-refractivity contribution is 5.65. The van der Waals surface area contributed by atoms with Gasteiger partial charge in [0.2, 0.25) is 0 Å². The van der Waals surface area contributed by atoms with E-state index in [0.717, 1.165) is 44.0 Å². The molecule has 1 N–H and O–H groups in total. The van der Waals surface area contributed by atoms with Gasteiger partial charge in [0.15, 0.2) is 0 Å². The van der Waals surface area contributed by atoms with Gasteiger partial charge in [-0.1, -0.05) is 0 Å². The second-order valence-electron chi connectivity index (χ2n) is 7.98. The van der Waals surface area contributed by atoms with Gasteiger partial charge in [0.05, 0.1) is 37.2 Å². The molecule has 5 heteroatoms. The predicted molar refractivity (Wildman–Crippen MR) is 102 cm³/mol. The fourth-order valence-electron chi connectivity index (χ4n) is 3.98. The van der Waals surface area contributed by atoms with Crippen molar-refractivity contribution in [3.63, 3.8) is 0 Å². The third kappa shape index (κ3) is 4.59. The van der Waals surface area contributed by atoms with Crippen molar-refractivity contribution in [2.45, 2.75) is 64.4 Å². The summed E-state index contributed by atoms with van der Waals surface area (Å²) in [7, 11) is 1.74. The Morgan fingerprint density at radius 2 is 1.92 bits per heavy atom. The number of hydrogen-bond acceptors (Lipinski definition) is 5. The minimum Gasteiger partial charge on any atom is -0.495 e. The molecule has 1 aromatic rings. The molecule has 5 nitrogen and oxygen atoms in total. The summed E-state index contributed by atoms with van der Waals surface area (Å²) < 4.78 is 17.3. The van der Waals surface area contributed by atoms with Crippen LogP contribution in [0.25, 0.3) is 0 Å². The lowest BCUT2D eigenvalue weighted by Crippen LogP contribution is -2.48. The van der Waals surface area contributed by atoms with Gasteiger partial charge < -0.3 is 24.4 Å². The Balaban J connectivity index is 1.73. The number of nitrogens with zero attached hydrogens (tertiary/aromatic N) is 1. The molecule has 0 radical (unpaired) electrons. The van der Waals surface area contributed by atoms with Gasteiger partial charge in [-0.05, 0) is 52.7 Å². The zero-order valence-electron chi connectivity index (χ0n) is 16.2. The molecule has 0 aliphatic carbocycles. The van der Waals surface area contributed by atoms with Crippen LogP contribution < -0.4 is 15.0 Å². The molecule has 0 saturated carbocycles. The van der Waals surface area contributed by atoms with Crippen molar-refractivity contribution >= 4 is 11.4 Å². The van der Waals surface area contributed by atoms with E-state index in [1.165, 1.54) is 5.69 Å². The van der Waals surface area contributed by atoms with Gasteiger partial charge in [-0.15, -0.1) is 0 Å². The number of morpholine rings is 1. The van der Waals surface area contributed by atoms with Crippen LogP contribution in [0.2, 0.25) is 0 Å². The first kappa shape index (κ1) is 18.3. The van der Waals surface area contributed by atoms with Gasteiger partial charge in [-0.2, -0.15) is 0 Å². The summed E-state index contributed by atoms with van der Waals surface area (Å²) in [6.07, 6.45) is 2.63. The standard InChI is InChI=1S/C20H32N2O3/c1-14-10-16(11-15(2)25-14)21-18-7-6-17(12-19(18)23-5)22-8-9-24-20(3,4)13-22/h6-7,12,14-16,21H,8-11,13H2,1-5H3. The predicted octanol–water partition coefficient (Wildman–Crippen LogP) is 3.68. The minimum atomic E-state index is -0.114. The van der Waals surface area contributed by atoms with Gasteiger partial charge in [0.1, 0.15) is 5.75 Å². The van der Waals surface area contributed by atoms with E-state index < -0.39 is 0 Å². The molecule has 2 aliphatic rings. The Morgan fingerprint density at radius 3 is 2.56 bits per heavy atom. The molecule has 0 amide bonds. The SMILES string of the molecule is COc1cc(N2CCOC(C)(C)C2)ccc1NC1CC(C)OC(C)C1. The number of methoxy groups -OCH3 is 1. The number of nitrogens with one attached hydrogen (secondary N) is 1. The fourth-order valence-corrected chi connectivity index (χ4v) is 3.98. The van der Waals surface area contributed by atoms with E-state index in [1.54, 1.807) is 7.11 Å². The normalized spacial score (nSPS) is 29.3. The number of rotatable bonds is 4. The zero-order chi connectivity index (χ0) is 18.0. The summed E-state index contributed by atoms with van der Waals surface area (Å²) in [6.45, 7) is 11.1. The zero-order valence-corrected chi connectivity index (χ0v) is 16.2. The van der Waals surface area contributed by atoms with Gasteiger partial charge >= 0.3 is 0 Å². The number of benzene rings is 1. The van der Waals surface area contributed by atoms with Crippen LogP contribution in [-0.2, 0) is 9.47 Å². The molecule has 2 saturated heterocycles. The van der Waals surface area contributed by atoms with Crippen molar-refractivity contribution in [3.05, 3.63) is 18.2 Å². The van der Waals surface area contributed by atoms with Gasteiger partial charge in [-0.25, -0.2) is 0 Å². The maximum atomic E-state index is 5.84. The van der Waals surface area contributed by atoms with Crippen LogP contribution in [0.1, 0.15) is 40.5 Å². The van der Waals surface area contributed by atoms with Crippen LogP contribution in [0.5, 0.6) is 5.75 Å². The van der Waals surface area contributed by atoms with Crippen molar-refractivity contribution < 1.29 is 14.2 Å². The molecule has 2 unspecified atom stereocenters. The summed E-state index contributed by atoms with van der Waals surface area (Å²) in [5.41, 5.74) is 2.13. The van der Waals surface area contributed by atoms with Crippen molar-refractivity contribution in [1.29, 1.82) is 0 Å². The van der Waals surface area contributed by atoms with Crippen LogP contribution in [0.15, 0.2) is 18.2 Å². The van der Waals surface area contributed by atoms with Crippen LogP contribution >= 0.6 is 0 Å². The van der Waals surface area contributed by atoms with Gasteiger partial charge in [-0.3, -0.25) is 0 Å². The third-order valence-corrected chi connectivity index (χ3v) is 5.03. The second-order valence-corrected chi connectivity index (χ2v) is 7.98. The van der Waals surface area contributed by atoms with Crippen molar-refractivity contribution in [2.24, 2.45) is 0 Å². The Morgan fingerprint density at radius 1 is 1.20 bits per heavy atom. The summed E-state index contributed by atoms with van der Waals surface area (Å²) in [4.78, 5) is 2.37. The lowest BCUT2D eigenvalue weighted by atomic mass is 9.99. The highest BCUT2D eigenvalue weighted by atomic mass is 16.5. The second kappa shape index (κ2) is 7.42. The maximum Gasteiger partial charge on any atom is 0.144 e. The monoisotopic (exact) mass is 348 g/mol. The largest absolute Gasteiger partial charge is 0.495 e. The van der Waals surface area contributed by atoms with Crippen molar-refractivity contribution in [3.8, 4) is 5.75 Å². The Labute approximate surface area is 151 Å². The molecule has 2 fully saturated rings. The molecule has 2 heterocycles. The van der Waals surface area contributed by atoms with E-state index in [9.17, 15) is 0 Å². The topological polar surface area (TPSA) is 43.0 Å². The highest BCUT2D eigenvalue weighted by Gasteiger charge is 2.28. The van der Waals surface area contributed by atoms with Crippen LogP contribution in [-0.4, -0.2) is 50.7 Å². The number of ether oxygens (including phenoxy) is 3. The first-order valence-corrected chi connectivity index (χ1v) is 9.35. The quantitative estimate of drug-likeness (QED) is 0.899. The number of anilines is 2. The Kier molecular flexibility index (Phi) is 5.44. The lowest BCUT2D eigenvalue weighted by Gasteiger charge is -2.39. The van der Waals surface area contributed by atoms with Crippen LogP contribution in [0, 0.1) is 0 Å². The molecule has 0 spiro atoms. The fraction of sp³-hybridized carbons (Fsp3) is 0.700. The molecule has 140 valence electrons. The summed E-state index contributed by atoms with van der Waals surface area (Å²) in [5.74, 6) is 0.897.